The van der Waals surface area contributed by atoms with Crippen LogP contribution in [0.4, 0.5) is 158 Å². The van der Waals surface area contributed by atoms with Crippen molar-refractivity contribution in [3.8, 4) is 0 Å². The Kier molecular flexibility index (Phi) is 25.1. The highest BCUT2D eigenvalue weighted by atomic mass is 19.2. The second kappa shape index (κ2) is 34.1. The highest BCUT2D eigenvalue weighted by Crippen LogP contribution is 2.57. The Hall–Kier alpha value is -13.1. The summed E-state index contributed by atoms with van der Waals surface area (Å²) in [6, 6.07) is 20.8. The molecule has 638 valence electrons. The van der Waals surface area contributed by atoms with Crippen molar-refractivity contribution in [3.05, 3.63) is 288 Å². The van der Waals surface area contributed by atoms with E-state index in [1.807, 2.05) is 174 Å². The van der Waals surface area contributed by atoms with Gasteiger partial charge in [0.25, 0.3) is 28.4 Å². The van der Waals surface area contributed by atoms with Gasteiger partial charge in [-0.1, -0.05) is 30.3 Å². The average molecular weight is 1680 g/mol. The normalized spacial score (nSPS) is 16.3. The molecule has 0 aromatic heterocycles. The van der Waals surface area contributed by atoms with Crippen molar-refractivity contribution in [1.29, 1.82) is 0 Å². The minimum Gasteiger partial charge on any atom is -0.351 e. The summed E-state index contributed by atoms with van der Waals surface area (Å²) in [5.41, 5.74) is 25.9. The number of rotatable bonds is 5. The Labute approximate surface area is 716 Å². The van der Waals surface area contributed by atoms with Crippen molar-refractivity contribution >= 4 is 114 Å². The van der Waals surface area contributed by atoms with Crippen LogP contribution in [0.5, 0.6) is 0 Å². The molecule has 25 heteroatoms. The maximum Gasteiger partial charge on any atom is 0.259 e. The van der Waals surface area contributed by atoms with E-state index in [-0.39, 0.29) is 59.3 Å². The molecule has 0 fully saturated rings. The molecule has 5 atom stereocenters. The zero-order chi connectivity index (χ0) is 91.4. The monoisotopic (exact) mass is 1680 g/mol. The topological polar surface area (TPSA) is 54.2 Å². The second-order valence-electron chi connectivity index (χ2n) is 32.8. The van der Waals surface area contributed by atoms with Gasteiger partial charge in [0.15, 0.2) is 29.1 Å². The van der Waals surface area contributed by atoms with Gasteiger partial charge >= 0.3 is 0 Å². The number of nitrogens with zero attached hydrogens (tertiary/aromatic N) is 15. The number of anilines is 15. The van der Waals surface area contributed by atoms with E-state index < -0.39 is 86.6 Å². The fourth-order valence-corrected chi connectivity index (χ4v) is 17.6. The zero-order valence-electron chi connectivity index (χ0n) is 74.8. The standard InChI is InChI=1S/3C20H21F2N3.2C19H19F2N3/c1-10-8-16(13(4)12(3)11(10)2)25-14(5)24(7)20-17(25)9-15(21)19(23-6)18(20)22;1-10-8-11(2)19(13(4)12(10)3)25-14(5)24(7)20-16(25)9-15(21)18(23-6)17(20)22;1-10-8-11(2)13(4)19(12(10)3)25-14(5)24(7)20-16(25)9-15(21)18(23-6)17(20)22;1-10-7-11(2)12(3)15(8-10)24-13(4)23(6)19-16(24)9-14(20)18(22-5)17(19)21;1-10-7-8-11(2)18(12(10)3)24-13(4)23(6)19-15(24)9-14(20)17(22-5)16(19)21/h3*8-9,14H,1-5,7H3;2*7-9,13H,1-4,6H3/t3*14-;2*13-/m00000/s1. The van der Waals surface area contributed by atoms with Gasteiger partial charge in [-0.05, 0) is 302 Å². The fraction of sp³-hybridized carbons (Fsp3) is 0.337. The summed E-state index contributed by atoms with van der Waals surface area (Å²) >= 11 is 0. The van der Waals surface area contributed by atoms with Crippen LogP contribution >= 0.6 is 0 Å². The highest BCUT2D eigenvalue weighted by molar-refractivity contribution is 5.94. The Morgan fingerprint density at radius 1 is 0.220 bits per heavy atom. The summed E-state index contributed by atoms with van der Waals surface area (Å²) in [6.45, 7) is 81.5. The molecule has 5 aliphatic heterocycles. The maximum atomic E-state index is 14.8. The van der Waals surface area contributed by atoms with Crippen LogP contribution in [0.25, 0.3) is 24.2 Å². The minimum atomic E-state index is -0.823. The first kappa shape index (κ1) is 90.7. The van der Waals surface area contributed by atoms with Gasteiger partial charge in [0, 0.05) is 63.7 Å². The van der Waals surface area contributed by atoms with Crippen LogP contribution in [0.3, 0.4) is 0 Å². The zero-order valence-corrected chi connectivity index (χ0v) is 74.8. The Balaban J connectivity index is 0.000000150. The van der Waals surface area contributed by atoms with Crippen molar-refractivity contribution in [1.82, 2.24) is 0 Å². The molecule has 15 nitrogen and oxygen atoms in total. The van der Waals surface area contributed by atoms with E-state index in [2.05, 4.69) is 76.2 Å². The van der Waals surface area contributed by atoms with Crippen LogP contribution in [0.1, 0.15) is 135 Å². The predicted molar refractivity (Wildman–Crippen MR) is 481 cm³/mol. The molecule has 5 aliphatic rings. The second-order valence-corrected chi connectivity index (χ2v) is 32.8. The predicted octanol–water partition coefficient (Wildman–Crippen LogP) is 27.8. The summed E-state index contributed by atoms with van der Waals surface area (Å²) in [5.74, 6) is -8.07. The van der Waals surface area contributed by atoms with Gasteiger partial charge < -0.3 is 49.0 Å². The lowest BCUT2D eigenvalue weighted by Crippen LogP contribution is -2.36. The molecular weight excluding hydrogens is 1580 g/mol. The number of aryl methyl sites for hydroxylation is 9. The summed E-state index contributed by atoms with van der Waals surface area (Å²) in [4.78, 5) is 33.6. The molecule has 0 radical (unpaired) electrons. The minimum absolute atomic E-state index is 0.185. The van der Waals surface area contributed by atoms with E-state index in [9.17, 15) is 43.9 Å². The van der Waals surface area contributed by atoms with Crippen LogP contribution in [0.15, 0.2) is 72.8 Å². The average Bonchev–Trinajstić information content (AvgIpc) is 1.61. The number of hydrogen-bond donors (Lipinski definition) is 0. The van der Waals surface area contributed by atoms with E-state index in [1.165, 1.54) is 52.6 Å². The molecule has 0 bridgehead atoms. The molecule has 5 heterocycles. The third-order valence-electron chi connectivity index (χ3n) is 26.1. The third kappa shape index (κ3) is 14.8. The van der Waals surface area contributed by atoms with E-state index in [0.29, 0.717) is 28.4 Å². The van der Waals surface area contributed by atoms with Gasteiger partial charge in [-0.25, -0.2) is 68.1 Å². The highest BCUT2D eigenvalue weighted by Gasteiger charge is 2.44. The summed E-state index contributed by atoms with van der Waals surface area (Å²) < 4.78 is 145. The lowest BCUT2D eigenvalue weighted by atomic mass is 9.97. The quantitative estimate of drug-likeness (QED) is 0.123. The largest absolute Gasteiger partial charge is 0.351 e. The van der Waals surface area contributed by atoms with Crippen LogP contribution in [-0.2, 0) is 0 Å². The third-order valence-corrected chi connectivity index (χ3v) is 26.1. The van der Waals surface area contributed by atoms with Crippen molar-refractivity contribution < 1.29 is 43.9 Å². The molecule has 0 amide bonds. The molecule has 0 unspecified atom stereocenters. The van der Waals surface area contributed by atoms with Crippen LogP contribution in [0, 0.1) is 216 Å². The van der Waals surface area contributed by atoms with Crippen molar-refractivity contribution in [2.24, 2.45) is 0 Å². The number of benzene rings is 10. The molecule has 0 aliphatic carbocycles. The fourth-order valence-electron chi connectivity index (χ4n) is 17.6. The van der Waals surface area contributed by atoms with E-state index in [1.54, 1.807) is 59.7 Å². The smallest absolute Gasteiger partial charge is 0.259 e. The van der Waals surface area contributed by atoms with Crippen LogP contribution < -0.4 is 49.0 Å². The molecule has 10 aromatic rings. The van der Waals surface area contributed by atoms with Gasteiger partial charge in [-0.2, -0.15) is 0 Å². The number of halogens is 10. The Morgan fingerprint density at radius 3 is 0.797 bits per heavy atom. The van der Waals surface area contributed by atoms with Gasteiger partial charge in [0.2, 0.25) is 0 Å². The first-order chi connectivity index (χ1) is 57.7. The summed E-state index contributed by atoms with van der Waals surface area (Å²) in [5, 5.41) is 0. The SMILES string of the molecule is [C-]#[N+]c1c(F)cc2c(c1F)N(C)[C@H](C)N2c1c(C)c(C)cc(C)c1C.[C-]#[N+]c1c(F)cc2c(c1F)N(C)[C@H](C)N2c1c(C)cc(C)c(C)c1C.[C-]#[N+]c1c(F)cc2c(c1F)N(C)[C@H](C)N2c1c(C)ccc(C)c1C.[C-]#[N+]c1c(F)cc2c(c1F)N(C)[C@H](C)N2c1cc(C)c(C)c(C)c1C.[C-]#[N+]c1c(F)cc2c(c1F)N(C)[C@H](C)N2c1cc(C)cc(C)c1C. The maximum absolute atomic E-state index is 14.8. The van der Waals surface area contributed by atoms with Crippen molar-refractivity contribution in [2.75, 3.05) is 84.2 Å². The Bertz CT molecular complexity index is 6270. The number of fused-ring (bicyclic) bond motifs is 5. The van der Waals surface area contributed by atoms with Crippen LogP contribution in [-0.4, -0.2) is 66.1 Å². The summed E-state index contributed by atoms with van der Waals surface area (Å²) in [7, 11) is 8.83. The van der Waals surface area contributed by atoms with Gasteiger partial charge in [-0.3, -0.25) is 0 Å². The molecular formula is C98H101F10N15. The van der Waals surface area contributed by atoms with Gasteiger partial charge in [-0.15, -0.1) is 0 Å². The Morgan fingerprint density at radius 2 is 0.463 bits per heavy atom. The van der Waals surface area contributed by atoms with Crippen LogP contribution in [0.2, 0.25) is 0 Å². The molecule has 0 saturated carbocycles. The molecule has 123 heavy (non-hydrogen) atoms. The van der Waals surface area contributed by atoms with Gasteiger partial charge in [0.1, 0.15) is 59.9 Å². The molecule has 0 saturated heterocycles. The van der Waals surface area contributed by atoms with E-state index >= 15 is 0 Å². The molecule has 15 rings (SSSR count). The lowest BCUT2D eigenvalue weighted by molar-refractivity contribution is 0.593. The van der Waals surface area contributed by atoms with Gasteiger partial charge in [0.05, 0.1) is 89.7 Å². The first-order valence-electron chi connectivity index (χ1n) is 40.1. The lowest BCUT2D eigenvalue weighted by Gasteiger charge is -2.31. The number of hydrogen-bond acceptors (Lipinski definition) is 10. The molecule has 0 N–H and O–H groups in total. The van der Waals surface area contributed by atoms with E-state index in [0.717, 1.165) is 106 Å². The first-order valence-corrected chi connectivity index (χ1v) is 40.1. The molecule has 10 aromatic carbocycles. The van der Waals surface area contributed by atoms with Crippen molar-refractivity contribution in [3.63, 3.8) is 0 Å². The summed E-state index contributed by atoms with van der Waals surface area (Å²) in [6.07, 6.45) is -0.943. The van der Waals surface area contributed by atoms with E-state index in [4.69, 9.17) is 32.9 Å². The van der Waals surface area contributed by atoms with Crippen molar-refractivity contribution in [2.45, 2.75) is 190 Å². The molecule has 0 spiro atoms.